The number of carbonyl (C=O) groups is 3. The van der Waals surface area contributed by atoms with Crippen molar-refractivity contribution in [2.75, 3.05) is 13.1 Å². The molecule has 2 atom stereocenters. The minimum absolute atomic E-state index is 0.153. The number of carboxylic acids is 1. The van der Waals surface area contributed by atoms with Gasteiger partial charge in [-0.3, -0.25) is 9.59 Å². The van der Waals surface area contributed by atoms with Crippen LogP contribution in [0.25, 0.3) is 0 Å². The Morgan fingerprint density at radius 3 is 2.24 bits per heavy atom. The molecule has 1 rings (SSSR count). The number of rotatable bonds is 5. The smallest absolute Gasteiger partial charge is 0.312 e. The second-order valence-electron chi connectivity index (χ2n) is 4.13. The molecule has 0 radical (unpaired) electrons. The third kappa shape index (κ3) is 4.29. The Morgan fingerprint density at radius 2 is 1.71 bits per heavy atom. The fraction of sp³-hybridized carbons (Fsp3) is 0.700. The lowest BCUT2D eigenvalue weighted by atomic mass is 10.0. The highest BCUT2D eigenvalue weighted by Crippen LogP contribution is 2.30. The van der Waals surface area contributed by atoms with Crippen molar-refractivity contribution >= 4 is 17.9 Å². The first-order valence-corrected chi connectivity index (χ1v) is 5.54. The maximum absolute atomic E-state index is 11.6. The first-order valence-electron chi connectivity index (χ1n) is 5.54. The van der Waals surface area contributed by atoms with Crippen molar-refractivity contribution in [2.24, 2.45) is 17.6 Å². The molecule has 7 nitrogen and oxygen atoms in total. The predicted molar refractivity (Wildman–Crippen MR) is 59.1 cm³/mol. The average Bonchev–Trinajstić information content (AvgIpc) is 2.73. The summed E-state index contributed by atoms with van der Waals surface area (Å²) in [6.07, 6.45) is 1.55. The van der Waals surface area contributed by atoms with Crippen LogP contribution in [0, 0.1) is 11.8 Å². The molecule has 17 heavy (non-hydrogen) atoms. The molecule has 1 fully saturated rings. The molecule has 0 spiro atoms. The highest BCUT2D eigenvalue weighted by molar-refractivity contribution is 5.80. The molecular formula is C10H17N3O4. The van der Waals surface area contributed by atoms with E-state index >= 15 is 0 Å². The van der Waals surface area contributed by atoms with Crippen LogP contribution in [0.1, 0.15) is 19.3 Å². The standard InChI is InChI=1S/C10H17N3O4/c11-10(17)13-4-3-12-8(14)6-1-2-7(5-6)9(15)16/h6-7H,1-5H2,(H,12,14)(H,15,16)(H3,11,13,17)/t6-,7+/m1/s1. The van der Waals surface area contributed by atoms with Crippen molar-refractivity contribution < 1.29 is 19.5 Å². The minimum atomic E-state index is -0.837. The van der Waals surface area contributed by atoms with Gasteiger partial charge in [0, 0.05) is 19.0 Å². The van der Waals surface area contributed by atoms with Crippen molar-refractivity contribution in [3.63, 3.8) is 0 Å². The summed E-state index contributed by atoms with van der Waals surface area (Å²) in [6, 6.07) is -0.633. The van der Waals surface area contributed by atoms with Crippen LogP contribution in [0.2, 0.25) is 0 Å². The number of carbonyl (C=O) groups excluding carboxylic acids is 2. The van der Waals surface area contributed by atoms with Gasteiger partial charge in [-0.2, -0.15) is 0 Å². The molecule has 1 aliphatic rings. The highest BCUT2D eigenvalue weighted by Gasteiger charge is 2.33. The quantitative estimate of drug-likeness (QED) is 0.475. The zero-order valence-corrected chi connectivity index (χ0v) is 9.44. The summed E-state index contributed by atoms with van der Waals surface area (Å²) in [4.78, 5) is 32.7. The molecule has 0 aromatic carbocycles. The summed E-state index contributed by atoms with van der Waals surface area (Å²) < 4.78 is 0. The largest absolute Gasteiger partial charge is 0.481 e. The van der Waals surface area contributed by atoms with E-state index < -0.39 is 17.9 Å². The Bertz CT molecular complexity index is 319. The van der Waals surface area contributed by atoms with Gasteiger partial charge in [-0.05, 0) is 19.3 Å². The van der Waals surface area contributed by atoms with Crippen LogP contribution in [0.4, 0.5) is 4.79 Å². The number of nitrogens with two attached hydrogens (primary N) is 1. The van der Waals surface area contributed by atoms with Crippen LogP contribution in [0.5, 0.6) is 0 Å². The first-order chi connectivity index (χ1) is 8.00. The summed E-state index contributed by atoms with van der Waals surface area (Å²) in [5, 5.41) is 13.8. The number of nitrogens with one attached hydrogen (secondary N) is 2. The van der Waals surface area contributed by atoms with E-state index in [-0.39, 0.29) is 18.4 Å². The first kappa shape index (κ1) is 13.3. The maximum atomic E-state index is 11.6. The fourth-order valence-electron chi connectivity index (χ4n) is 1.96. The molecule has 0 aromatic rings. The van der Waals surface area contributed by atoms with Crippen LogP contribution in [0.15, 0.2) is 0 Å². The molecule has 3 amide bonds. The van der Waals surface area contributed by atoms with E-state index in [1.807, 2.05) is 0 Å². The molecule has 0 bridgehead atoms. The maximum Gasteiger partial charge on any atom is 0.312 e. The number of carboxylic acid groups (broad SMARTS) is 1. The Kier molecular flexibility index (Phi) is 4.74. The Balaban J connectivity index is 2.21. The zero-order chi connectivity index (χ0) is 12.8. The van der Waals surface area contributed by atoms with Gasteiger partial charge < -0.3 is 21.5 Å². The molecule has 0 aromatic heterocycles. The SMILES string of the molecule is NC(=O)NCCNC(=O)[C@@H]1CC[C@H](C(=O)O)C1. The van der Waals surface area contributed by atoms with Gasteiger partial charge in [0.15, 0.2) is 0 Å². The average molecular weight is 243 g/mol. The number of amides is 3. The lowest BCUT2D eigenvalue weighted by molar-refractivity contribution is -0.141. The van der Waals surface area contributed by atoms with Crippen molar-refractivity contribution in [3.05, 3.63) is 0 Å². The van der Waals surface area contributed by atoms with Gasteiger partial charge in [-0.15, -0.1) is 0 Å². The Labute approximate surface area is 98.7 Å². The summed E-state index contributed by atoms with van der Waals surface area (Å²) in [5.74, 6) is -1.63. The van der Waals surface area contributed by atoms with Gasteiger partial charge in [-0.25, -0.2) is 4.79 Å². The second-order valence-corrected chi connectivity index (χ2v) is 4.13. The molecule has 7 heteroatoms. The van der Waals surface area contributed by atoms with E-state index in [9.17, 15) is 14.4 Å². The number of urea groups is 1. The number of hydrogen-bond donors (Lipinski definition) is 4. The predicted octanol–water partition coefficient (Wildman–Crippen LogP) is -0.728. The third-order valence-electron chi connectivity index (χ3n) is 2.88. The van der Waals surface area contributed by atoms with Crippen LogP contribution >= 0.6 is 0 Å². The number of hydrogen-bond acceptors (Lipinski definition) is 3. The third-order valence-corrected chi connectivity index (χ3v) is 2.88. The monoisotopic (exact) mass is 243 g/mol. The van der Waals surface area contributed by atoms with E-state index in [0.717, 1.165) is 0 Å². The van der Waals surface area contributed by atoms with Gasteiger partial charge in [0.05, 0.1) is 5.92 Å². The van der Waals surface area contributed by atoms with E-state index in [0.29, 0.717) is 25.8 Å². The van der Waals surface area contributed by atoms with Crippen molar-refractivity contribution in [2.45, 2.75) is 19.3 Å². The van der Waals surface area contributed by atoms with Crippen LogP contribution in [0.3, 0.4) is 0 Å². The van der Waals surface area contributed by atoms with Crippen molar-refractivity contribution in [1.82, 2.24) is 10.6 Å². The van der Waals surface area contributed by atoms with Crippen molar-refractivity contribution in [1.29, 1.82) is 0 Å². The van der Waals surface area contributed by atoms with Gasteiger partial charge >= 0.3 is 12.0 Å². The molecule has 0 heterocycles. The van der Waals surface area contributed by atoms with Gasteiger partial charge in [0.1, 0.15) is 0 Å². The molecular weight excluding hydrogens is 226 g/mol. The number of aliphatic carboxylic acids is 1. The van der Waals surface area contributed by atoms with Crippen LogP contribution < -0.4 is 16.4 Å². The minimum Gasteiger partial charge on any atom is -0.481 e. The Hall–Kier alpha value is -1.79. The molecule has 5 N–H and O–H groups in total. The van der Waals surface area contributed by atoms with Gasteiger partial charge in [-0.1, -0.05) is 0 Å². The summed E-state index contributed by atoms with van der Waals surface area (Å²) in [5.41, 5.74) is 4.85. The molecule has 0 aliphatic heterocycles. The molecule has 96 valence electrons. The zero-order valence-electron chi connectivity index (χ0n) is 9.44. The highest BCUT2D eigenvalue weighted by atomic mass is 16.4. The second kappa shape index (κ2) is 6.07. The summed E-state index contributed by atoms with van der Waals surface area (Å²) >= 11 is 0. The van der Waals surface area contributed by atoms with E-state index in [1.54, 1.807) is 0 Å². The molecule has 0 saturated heterocycles. The van der Waals surface area contributed by atoms with Gasteiger partial charge in [0.2, 0.25) is 5.91 Å². The van der Waals surface area contributed by atoms with E-state index in [1.165, 1.54) is 0 Å². The molecule has 1 aliphatic carbocycles. The van der Waals surface area contributed by atoms with Gasteiger partial charge in [0.25, 0.3) is 0 Å². The van der Waals surface area contributed by atoms with E-state index in [4.69, 9.17) is 10.8 Å². The summed E-state index contributed by atoms with van der Waals surface area (Å²) in [6.45, 7) is 0.576. The van der Waals surface area contributed by atoms with E-state index in [2.05, 4.69) is 10.6 Å². The fourth-order valence-corrected chi connectivity index (χ4v) is 1.96. The normalized spacial score (nSPS) is 23.1. The topological polar surface area (TPSA) is 122 Å². The van der Waals surface area contributed by atoms with Crippen LogP contribution in [-0.4, -0.2) is 36.1 Å². The Morgan fingerprint density at radius 1 is 1.12 bits per heavy atom. The van der Waals surface area contributed by atoms with Crippen molar-refractivity contribution in [3.8, 4) is 0 Å². The van der Waals surface area contributed by atoms with Crippen LogP contribution in [-0.2, 0) is 9.59 Å². The molecule has 0 unspecified atom stereocenters. The summed E-state index contributed by atoms with van der Waals surface area (Å²) in [7, 11) is 0. The number of primary amides is 1. The lowest BCUT2D eigenvalue weighted by Crippen LogP contribution is -2.39. The lowest BCUT2D eigenvalue weighted by Gasteiger charge is -2.10. The molecule has 1 saturated carbocycles.